The Morgan fingerprint density at radius 2 is 1.92 bits per heavy atom. The molecule has 0 radical (unpaired) electrons. The van der Waals surface area contributed by atoms with Gasteiger partial charge >= 0.3 is 12.1 Å². The van der Waals surface area contributed by atoms with Crippen LogP contribution < -0.4 is 5.32 Å². The number of aryl methyl sites for hydroxylation is 1. The monoisotopic (exact) mass is 348 g/mol. The molecule has 25 heavy (non-hydrogen) atoms. The molecule has 1 aliphatic heterocycles. The molecule has 1 heterocycles. The predicted molar refractivity (Wildman–Crippen MR) is 95.5 cm³/mol. The summed E-state index contributed by atoms with van der Waals surface area (Å²) >= 11 is 0. The molecule has 2 N–H and O–H groups in total. The number of carboxylic acids is 1. The van der Waals surface area contributed by atoms with E-state index in [-0.39, 0.29) is 6.04 Å². The van der Waals surface area contributed by atoms with E-state index >= 15 is 0 Å². The van der Waals surface area contributed by atoms with E-state index in [4.69, 9.17) is 4.74 Å². The van der Waals surface area contributed by atoms with Crippen molar-refractivity contribution in [2.24, 2.45) is 0 Å². The molecule has 0 unspecified atom stereocenters. The van der Waals surface area contributed by atoms with Crippen LogP contribution in [0.1, 0.15) is 50.8 Å². The van der Waals surface area contributed by atoms with Crippen LogP contribution in [-0.4, -0.2) is 46.8 Å². The van der Waals surface area contributed by atoms with Gasteiger partial charge in [0.15, 0.2) is 0 Å². The molecule has 0 aliphatic carbocycles. The number of piperidine rings is 1. The van der Waals surface area contributed by atoms with E-state index in [9.17, 15) is 14.7 Å². The number of carbonyl (C=O) groups is 2. The van der Waals surface area contributed by atoms with Crippen molar-refractivity contribution in [1.82, 2.24) is 10.2 Å². The van der Waals surface area contributed by atoms with Gasteiger partial charge in [0.1, 0.15) is 11.6 Å². The lowest BCUT2D eigenvalue weighted by atomic mass is 9.99. The lowest BCUT2D eigenvalue weighted by molar-refractivity contribution is -0.144. The first kappa shape index (κ1) is 19.2. The molecule has 1 saturated heterocycles. The highest BCUT2D eigenvalue weighted by Gasteiger charge is 2.32. The van der Waals surface area contributed by atoms with Gasteiger partial charge in [-0.15, -0.1) is 0 Å². The highest BCUT2D eigenvalue weighted by Crippen LogP contribution is 2.25. The van der Waals surface area contributed by atoms with Crippen LogP contribution in [0, 0.1) is 6.92 Å². The van der Waals surface area contributed by atoms with Gasteiger partial charge in [-0.25, -0.2) is 4.79 Å². The number of likely N-dealkylation sites (tertiary alicyclic amines) is 1. The van der Waals surface area contributed by atoms with Gasteiger partial charge in [0.05, 0.1) is 0 Å². The summed E-state index contributed by atoms with van der Waals surface area (Å²) in [5, 5.41) is 12.6. The fourth-order valence-electron chi connectivity index (χ4n) is 3.09. The van der Waals surface area contributed by atoms with Gasteiger partial charge in [-0.2, -0.15) is 0 Å². The SMILES string of the molecule is Cc1ccc([C@H](C(=O)O)N2CCC[C@@H](NC(=O)OC(C)(C)C)C2)cc1. The number of benzene rings is 1. The van der Waals surface area contributed by atoms with Crippen LogP contribution in [0.5, 0.6) is 0 Å². The molecule has 2 atom stereocenters. The third kappa shape index (κ3) is 5.74. The molecule has 0 spiro atoms. The standard InChI is InChI=1S/C19H28N2O4/c1-13-7-9-14(10-8-13)16(17(22)23)21-11-5-6-15(12-21)20-18(24)25-19(2,3)4/h7-10,15-16H,5-6,11-12H2,1-4H3,(H,20,24)(H,22,23)/t15-,16-/m1/s1. The van der Waals surface area contributed by atoms with Gasteiger partial charge < -0.3 is 15.2 Å². The third-order valence-electron chi connectivity index (χ3n) is 4.17. The molecule has 1 aromatic rings. The van der Waals surface area contributed by atoms with E-state index in [1.807, 2.05) is 56.9 Å². The molecule has 1 aromatic carbocycles. The number of nitrogens with one attached hydrogen (secondary N) is 1. The summed E-state index contributed by atoms with van der Waals surface area (Å²) < 4.78 is 5.30. The van der Waals surface area contributed by atoms with Crippen LogP contribution in [0.15, 0.2) is 24.3 Å². The summed E-state index contributed by atoms with van der Waals surface area (Å²) in [7, 11) is 0. The Morgan fingerprint density at radius 1 is 1.28 bits per heavy atom. The molecule has 1 aliphatic rings. The Hall–Kier alpha value is -2.08. The smallest absolute Gasteiger partial charge is 0.407 e. The van der Waals surface area contributed by atoms with Crippen molar-refractivity contribution in [2.45, 2.75) is 58.2 Å². The second kappa shape index (κ2) is 7.87. The van der Waals surface area contributed by atoms with Crippen LogP contribution in [0.4, 0.5) is 4.79 Å². The zero-order valence-electron chi connectivity index (χ0n) is 15.4. The minimum Gasteiger partial charge on any atom is -0.480 e. The first-order valence-corrected chi connectivity index (χ1v) is 8.68. The Morgan fingerprint density at radius 3 is 2.48 bits per heavy atom. The van der Waals surface area contributed by atoms with Crippen molar-refractivity contribution in [1.29, 1.82) is 0 Å². The topological polar surface area (TPSA) is 78.9 Å². The molecule has 1 amide bonds. The van der Waals surface area contributed by atoms with Crippen molar-refractivity contribution in [2.75, 3.05) is 13.1 Å². The first-order chi connectivity index (χ1) is 11.7. The number of carbonyl (C=O) groups excluding carboxylic acids is 1. The zero-order valence-corrected chi connectivity index (χ0v) is 15.4. The normalized spacial score (nSPS) is 19.9. The molecule has 0 aromatic heterocycles. The van der Waals surface area contributed by atoms with E-state index < -0.39 is 23.7 Å². The zero-order chi connectivity index (χ0) is 18.6. The number of hydrogen-bond donors (Lipinski definition) is 2. The summed E-state index contributed by atoms with van der Waals surface area (Å²) in [5.41, 5.74) is 1.30. The van der Waals surface area contributed by atoms with E-state index in [0.717, 1.165) is 24.0 Å². The summed E-state index contributed by atoms with van der Waals surface area (Å²) in [5.74, 6) is -0.873. The molecule has 6 nitrogen and oxygen atoms in total. The van der Waals surface area contributed by atoms with Gasteiger partial charge in [0, 0.05) is 12.6 Å². The van der Waals surface area contributed by atoms with E-state index in [0.29, 0.717) is 13.1 Å². The number of carboxylic acid groups (broad SMARTS) is 1. The Bertz CT molecular complexity index is 607. The van der Waals surface area contributed by atoms with Crippen LogP contribution in [0.25, 0.3) is 0 Å². The minimum absolute atomic E-state index is 0.115. The van der Waals surface area contributed by atoms with Crippen molar-refractivity contribution in [3.8, 4) is 0 Å². The summed E-state index contributed by atoms with van der Waals surface area (Å²) in [6.07, 6.45) is 1.19. The van der Waals surface area contributed by atoms with Crippen molar-refractivity contribution in [3.63, 3.8) is 0 Å². The Labute approximate surface area is 149 Å². The fourth-order valence-corrected chi connectivity index (χ4v) is 3.09. The third-order valence-corrected chi connectivity index (χ3v) is 4.17. The molecule has 138 valence electrons. The van der Waals surface area contributed by atoms with E-state index in [1.54, 1.807) is 0 Å². The number of rotatable bonds is 4. The molecular weight excluding hydrogens is 320 g/mol. The number of ether oxygens (including phenoxy) is 1. The quantitative estimate of drug-likeness (QED) is 0.874. The molecular formula is C19H28N2O4. The fraction of sp³-hybridized carbons (Fsp3) is 0.579. The van der Waals surface area contributed by atoms with Gasteiger partial charge in [0.25, 0.3) is 0 Å². The Balaban J connectivity index is 2.06. The first-order valence-electron chi connectivity index (χ1n) is 8.68. The summed E-state index contributed by atoms with van der Waals surface area (Å²) in [6, 6.07) is 6.75. The van der Waals surface area contributed by atoms with Gasteiger partial charge in [-0.1, -0.05) is 29.8 Å². The average molecular weight is 348 g/mol. The predicted octanol–water partition coefficient (Wildman–Crippen LogP) is 3.11. The largest absolute Gasteiger partial charge is 0.480 e. The van der Waals surface area contributed by atoms with Crippen molar-refractivity contribution < 1.29 is 19.4 Å². The van der Waals surface area contributed by atoms with E-state index in [2.05, 4.69) is 5.32 Å². The molecule has 6 heteroatoms. The second-order valence-corrected chi connectivity index (χ2v) is 7.63. The number of nitrogens with zero attached hydrogens (tertiary/aromatic N) is 1. The summed E-state index contributed by atoms with van der Waals surface area (Å²) in [4.78, 5) is 25.7. The number of hydrogen-bond acceptors (Lipinski definition) is 4. The van der Waals surface area contributed by atoms with Gasteiger partial charge in [-0.05, 0) is 52.6 Å². The molecule has 0 bridgehead atoms. The molecule has 2 rings (SSSR count). The van der Waals surface area contributed by atoms with Gasteiger partial charge in [0.2, 0.25) is 0 Å². The highest BCUT2D eigenvalue weighted by atomic mass is 16.6. The highest BCUT2D eigenvalue weighted by molar-refractivity contribution is 5.75. The van der Waals surface area contributed by atoms with Crippen LogP contribution in [0.2, 0.25) is 0 Å². The van der Waals surface area contributed by atoms with Crippen LogP contribution >= 0.6 is 0 Å². The maximum absolute atomic E-state index is 12.0. The minimum atomic E-state index is -0.873. The molecule has 0 saturated carbocycles. The lowest BCUT2D eigenvalue weighted by Crippen LogP contribution is -2.50. The number of amides is 1. The summed E-state index contributed by atoms with van der Waals surface area (Å²) in [6.45, 7) is 8.61. The number of aliphatic carboxylic acids is 1. The average Bonchev–Trinajstić information content (AvgIpc) is 2.47. The number of alkyl carbamates (subject to hydrolysis) is 1. The van der Waals surface area contributed by atoms with Crippen LogP contribution in [0.3, 0.4) is 0 Å². The molecule has 1 fully saturated rings. The van der Waals surface area contributed by atoms with Gasteiger partial charge in [-0.3, -0.25) is 9.69 Å². The lowest BCUT2D eigenvalue weighted by Gasteiger charge is -2.37. The van der Waals surface area contributed by atoms with Crippen LogP contribution in [-0.2, 0) is 9.53 Å². The second-order valence-electron chi connectivity index (χ2n) is 7.63. The van der Waals surface area contributed by atoms with Crippen molar-refractivity contribution in [3.05, 3.63) is 35.4 Å². The maximum atomic E-state index is 12.0. The maximum Gasteiger partial charge on any atom is 0.407 e. The Kier molecular flexibility index (Phi) is 6.06. The van der Waals surface area contributed by atoms with Crippen molar-refractivity contribution >= 4 is 12.1 Å². The van der Waals surface area contributed by atoms with E-state index in [1.165, 1.54) is 0 Å².